The number of hydrogen-bond acceptors (Lipinski definition) is 0. The number of hydrogen-bond donors (Lipinski definition) is 0. The fourth-order valence-electron chi connectivity index (χ4n) is 5.48. The maximum Gasteiger partial charge on any atom is 0.213 e. The maximum absolute atomic E-state index is 2.54. The SMILES string of the molecule is CC(C)c1cccc(C(C)C)c1-n1c2ccccc2c2cc3c(cc21)C[n+]1ccccc1-3. The van der Waals surface area contributed by atoms with Crippen molar-refractivity contribution >= 4 is 21.8 Å². The third-order valence-corrected chi connectivity index (χ3v) is 7.02. The van der Waals surface area contributed by atoms with Crippen molar-refractivity contribution in [1.82, 2.24) is 4.57 Å². The number of para-hydroxylation sites is 2. The van der Waals surface area contributed by atoms with Crippen molar-refractivity contribution in [1.29, 1.82) is 0 Å². The first-order chi connectivity index (χ1) is 15.5. The van der Waals surface area contributed by atoms with Crippen LogP contribution in [0.4, 0.5) is 0 Å². The normalized spacial score (nSPS) is 12.8. The van der Waals surface area contributed by atoms with Crippen molar-refractivity contribution in [3.8, 4) is 16.9 Å². The van der Waals surface area contributed by atoms with Crippen LogP contribution in [0.3, 0.4) is 0 Å². The summed E-state index contributed by atoms with van der Waals surface area (Å²) in [4.78, 5) is 0. The smallest absolute Gasteiger partial charge is 0.213 e. The number of pyridine rings is 1. The molecule has 1 aliphatic heterocycles. The van der Waals surface area contributed by atoms with E-state index in [9.17, 15) is 0 Å². The van der Waals surface area contributed by atoms with Crippen molar-refractivity contribution in [3.05, 3.63) is 95.7 Å². The summed E-state index contributed by atoms with van der Waals surface area (Å²) in [5, 5.41) is 2.66. The summed E-state index contributed by atoms with van der Waals surface area (Å²) in [7, 11) is 0. The molecule has 0 amide bonds. The van der Waals surface area contributed by atoms with Crippen LogP contribution in [0.1, 0.15) is 56.2 Å². The van der Waals surface area contributed by atoms with E-state index >= 15 is 0 Å². The molecule has 0 bridgehead atoms. The van der Waals surface area contributed by atoms with E-state index in [1.165, 1.54) is 55.4 Å². The monoisotopic (exact) mass is 417 g/mol. The highest BCUT2D eigenvalue weighted by atomic mass is 15.0. The lowest BCUT2D eigenvalue weighted by atomic mass is 9.92. The molecule has 2 aromatic heterocycles. The zero-order valence-corrected chi connectivity index (χ0v) is 19.3. The maximum atomic E-state index is 2.54. The molecule has 32 heavy (non-hydrogen) atoms. The fraction of sp³-hybridized carbons (Fsp3) is 0.233. The summed E-state index contributed by atoms with van der Waals surface area (Å²) in [5.74, 6) is 0.906. The van der Waals surface area contributed by atoms with Crippen LogP contribution in [-0.4, -0.2) is 4.57 Å². The summed E-state index contributed by atoms with van der Waals surface area (Å²) < 4.78 is 4.90. The molecule has 0 saturated carbocycles. The highest BCUT2D eigenvalue weighted by Crippen LogP contribution is 2.41. The highest BCUT2D eigenvalue weighted by Gasteiger charge is 2.28. The van der Waals surface area contributed by atoms with Gasteiger partial charge in [-0.3, -0.25) is 0 Å². The number of benzene rings is 3. The molecule has 2 nitrogen and oxygen atoms in total. The topological polar surface area (TPSA) is 8.81 Å². The van der Waals surface area contributed by atoms with Gasteiger partial charge in [0.1, 0.15) is 0 Å². The van der Waals surface area contributed by atoms with Crippen LogP contribution >= 0.6 is 0 Å². The molecule has 0 atom stereocenters. The van der Waals surface area contributed by atoms with Crippen LogP contribution in [0.5, 0.6) is 0 Å². The summed E-state index contributed by atoms with van der Waals surface area (Å²) in [6, 6.07) is 27.1. The van der Waals surface area contributed by atoms with Gasteiger partial charge in [-0.1, -0.05) is 64.1 Å². The van der Waals surface area contributed by atoms with Gasteiger partial charge in [0.25, 0.3) is 0 Å². The van der Waals surface area contributed by atoms with E-state index in [4.69, 9.17) is 0 Å². The summed E-state index contributed by atoms with van der Waals surface area (Å²) in [6.07, 6.45) is 2.19. The minimum absolute atomic E-state index is 0.453. The molecule has 158 valence electrons. The quantitative estimate of drug-likeness (QED) is 0.266. The van der Waals surface area contributed by atoms with Crippen molar-refractivity contribution in [2.45, 2.75) is 46.1 Å². The summed E-state index contributed by atoms with van der Waals surface area (Å²) >= 11 is 0. The van der Waals surface area contributed by atoms with Gasteiger partial charge in [-0.15, -0.1) is 0 Å². The van der Waals surface area contributed by atoms with Gasteiger partial charge in [0, 0.05) is 28.5 Å². The molecule has 0 radical (unpaired) electrons. The number of fused-ring (bicyclic) bond motifs is 6. The minimum Gasteiger partial charge on any atom is -0.309 e. The number of nitrogens with zero attached hydrogens (tertiary/aromatic N) is 2. The van der Waals surface area contributed by atoms with Crippen LogP contribution in [0.25, 0.3) is 38.8 Å². The van der Waals surface area contributed by atoms with Gasteiger partial charge in [-0.25, -0.2) is 0 Å². The van der Waals surface area contributed by atoms with Crippen molar-refractivity contribution in [3.63, 3.8) is 0 Å². The Morgan fingerprint density at radius 2 is 1.44 bits per heavy atom. The molecule has 1 aliphatic rings. The molecular weight excluding hydrogens is 388 g/mol. The first-order valence-electron chi connectivity index (χ1n) is 11.7. The molecule has 3 heterocycles. The lowest BCUT2D eigenvalue weighted by molar-refractivity contribution is -0.672. The average molecular weight is 418 g/mol. The number of aromatic nitrogens is 2. The molecule has 5 aromatic rings. The Bertz CT molecular complexity index is 1470. The Labute approximate surface area is 189 Å². The van der Waals surface area contributed by atoms with Gasteiger partial charge in [0.15, 0.2) is 12.7 Å². The van der Waals surface area contributed by atoms with E-state index in [0.29, 0.717) is 11.8 Å². The van der Waals surface area contributed by atoms with E-state index in [-0.39, 0.29) is 0 Å². The molecule has 0 aliphatic carbocycles. The second kappa shape index (κ2) is 7.06. The van der Waals surface area contributed by atoms with E-state index in [0.717, 1.165) is 6.54 Å². The molecular formula is C30H29N2+. The van der Waals surface area contributed by atoms with Gasteiger partial charge >= 0.3 is 0 Å². The Morgan fingerprint density at radius 1 is 0.719 bits per heavy atom. The Morgan fingerprint density at radius 3 is 2.19 bits per heavy atom. The first kappa shape index (κ1) is 19.3. The Hall–Kier alpha value is -3.39. The molecule has 6 rings (SSSR count). The lowest BCUT2D eigenvalue weighted by Gasteiger charge is -2.22. The Kier molecular flexibility index (Phi) is 4.26. The average Bonchev–Trinajstić information content (AvgIpc) is 3.31. The molecule has 0 unspecified atom stereocenters. The Balaban J connectivity index is 1.76. The van der Waals surface area contributed by atoms with Crippen LogP contribution in [0.15, 0.2) is 79.0 Å². The van der Waals surface area contributed by atoms with E-state index < -0.39 is 0 Å². The minimum atomic E-state index is 0.453. The summed E-state index contributed by atoms with van der Waals surface area (Å²) in [5.41, 5.74) is 10.9. The van der Waals surface area contributed by atoms with Gasteiger partial charge in [0.2, 0.25) is 5.69 Å². The van der Waals surface area contributed by atoms with Crippen LogP contribution in [0.2, 0.25) is 0 Å². The standard InChI is InChI=1S/C30H29N2/c1-19(2)22-11-9-12-23(20(3)4)30(22)32-28-14-6-5-10-24(28)26-17-25-21(16-29(26)32)18-31-15-8-7-13-27(25)31/h5-17,19-20H,18H2,1-4H3/q+1. The van der Waals surface area contributed by atoms with Gasteiger partial charge in [0.05, 0.1) is 22.3 Å². The van der Waals surface area contributed by atoms with Crippen molar-refractivity contribution in [2.75, 3.05) is 0 Å². The van der Waals surface area contributed by atoms with Gasteiger partial charge in [-0.05, 0) is 47.2 Å². The zero-order valence-electron chi connectivity index (χ0n) is 19.3. The van der Waals surface area contributed by atoms with Crippen LogP contribution < -0.4 is 4.57 Å². The number of rotatable bonds is 3. The van der Waals surface area contributed by atoms with Gasteiger partial charge < -0.3 is 4.57 Å². The van der Waals surface area contributed by atoms with Crippen molar-refractivity contribution in [2.24, 2.45) is 0 Å². The van der Waals surface area contributed by atoms with E-state index in [2.05, 4.69) is 116 Å². The molecule has 2 heteroatoms. The van der Waals surface area contributed by atoms with E-state index in [1.807, 2.05) is 0 Å². The first-order valence-corrected chi connectivity index (χ1v) is 11.7. The molecule has 0 N–H and O–H groups in total. The zero-order chi connectivity index (χ0) is 22.0. The van der Waals surface area contributed by atoms with Crippen LogP contribution in [0, 0.1) is 0 Å². The van der Waals surface area contributed by atoms with Crippen molar-refractivity contribution < 1.29 is 4.57 Å². The van der Waals surface area contributed by atoms with Crippen LogP contribution in [-0.2, 0) is 6.54 Å². The van der Waals surface area contributed by atoms with Gasteiger partial charge in [-0.2, -0.15) is 4.57 Å². The largest absolute Gasteiger partial charge is 0.309 e. The highest BCUT2D eigenvalue weighted by molar-refractivity contribution is 6.11. The molecule has 0 spiro atoms. The predicted molar refractivity (Wildman–Crippen MR) is 134 cm³/mol. The second-order valence-corrected chi connectivity index (χ2v) is 9.69. The summed E-state index contributed by atoms with van der Waals surface area (Å²) in [6.45, 7) is 10.2. The molecule has 0 fully saturated rings. The third-order valence-electron chi connectivity index (χ3n) is 7.02. The predicted octanol–water partition coefficient (Wildman–Crippen LogP) is 7.35. The second-order valence-electron chi connectivity index (χ2n) is 9.69. The fourth-order valence-corrected chi connectivity index (χ4v) is 5.48. The molecule has 3 aromatic carbocycles. The van der Waals surface area contributed by atoms with E-state index in [1.54, 1.807) is 0 Å². The lowest BCUT2D eigenvalue weighted by Crippen LogP contribution is -2.31. The molecule has 0 saturated heterocycles. The third kappa shape index (κ3) is 2.69.